The van der Waals surface area contributed by atoms with E-state index in [0.29, 0.717) is 25.6 Å². The van der Waals surface area contributed by atoms with Crippen molar-refractivity contribution in [2.45, 2.75) is 24.2 Å². The van der Waals surface area contributed by atoms with Crippen molar-refractivity contribution in [3.8, 4) is 0 Å². The van der Waals surface area contributed by atoms with Crippen LogP contribution in [0.2, 0.25) is 5.02 Å². The lowest BCUT2D eigenvalue weighted by molar-refractivity contribution is -0.132. The molecule has 4 nitrogen and oxygen atoms in total. The summed E-state index contributed by atoms with van der Waals surface area (Å²) >= 11 is 7.57. The Bertz CT molecular complexity index is 490. The largest absolute Gasteiger partial charge is 0.382 e. The Labute approximate surface area is 153 Å². The van der Waals surface area contributed by atoms with Gasteiger partial charge in [-0.3, -0.25) is 4.79 Å². The molecular formula is C18H26ClNO3S. The first kappa shape index (κ1) is 19.6. The van der Waals surface area contributed by atoms with E-state index >= 15 is 0 Å². The molecule has 1 aromatic carbocycles. The highest BCUT2D eigenvalue weighted by atomic mass is 35.5. The van der Waals surface area contributed by atoms with Crippen molar-refractivity contribution in [1.29, 1.82) is 0 Å². The summed E-state index contributed by atoms with van der Waals surface area (Å²) in [7, 11) is 1.68. The molecule has 1 amide bonds. The van der Waals surface area contributed by atoms with Gasteiger partial charge >= 0.3 is 0 Å². The molecule has 1 aliphatic rings. The van der Waals surface area contributed by atoms with E-state index in [9.17, 15) is 4.79 Å². The topological polar surface area (TPSA) is 38.8 Å². The van der Waals surface area contributed by atoms with E-state index in [-0.39, 0.29) is 5.91 Å². The zero-order chi connectivity index (χ0) is 17.2. The molecule has 134 valence electrons. The lowest BCUT2D eigenvalue weighted by Gasteiger charge is -2.32. The quantitative estimate of drug-likeness (QED) is 0.490. The van der Waals surface area contributed by atoms with Crippen molar-refractivity contribution in [3.63, 3.8) is 0 Å². The first-order chi connectivity index (χ1) is 11.7. The molecule has 1 fully saturated rings. The van der Waals surface area contributed by atoms with Gasteiger partial charge in [0, 0.05) is 48.9 Å². The molecular weight excluding hydrogens is 346 g/mol. The van der Waals surface area contributed by atoms with Crippen LogP contribution in [-0.2, 0) is 14.3 Å². The van der Waals surface area contributed by atoms with E-state index in [2.05, 4.69) is 0 Å². The van der Waals surface area contributed by atoms with Gasteiger partial charge in [0.05, 0.1) is 13.2 Å². The van der Waals surface area contributed by atoms with Gasteiger partial charge in [-0.25, -0.2) is 0 Å². The van der Waals surface area contributed by atoms with E-state index in [4.69, 9.17) is 21.1 Å². The molecule has 0 aromatic heterocycles. The second-order valence-electron chi connectivity index (χ2n) is 5.94. The van der Waals surface area contributed by atoms with Crippen LogP contribution in [0.25, 0.3) is 0 Å². The number of amides is 1. The van der Waals surface area contributed by atoms with Gasteiger partial charge in [0.2, 0.25) is 5.91 Å². The number of rotatable bonds is 9. The highest BCUT2D eigenvalue weighted by Crippen LogP contribution is 2.22. The van der Waals surface area contributed by atoms with Gasteiger partial charge < -0.3 is 14.4 Å². The summed E-state index contributed by atoms with van der Waals surface area (Å²) < 4.78 is 10.6. The highest BCUT2D eigenvalue weighted by Gasteiger charge is 2.22. The van der Waals surface area contributed by atoms with E-state index in [0.717, 1.165) is 48.2 Å². The third-order valence-electron chi connectivity index (χ3n) is 4.15. The lowest BCUT2D eigenvalue weighted by Crippen LogP contribution is -2.39. The van der Waals surface area contributed by atoms with Crippen LogP contribution in [0.4, 0.5) is 0 Å². The predicted molar refractivity (Wildman–Crippen MR) is 98.8 cm³/mol. The molecule has 6 heteroatoms. The summed E-state index contributed by atoms with van der Waals surface area (Å²) in [6.07, 6.45) is 2.65. The fraction of sp³-hybridized carbons (Fsp3) is 0.611. The molecule has 0 aliphatic carbocycles. The number of piperidine rings is 1. The number of ether oxygens (including phenoxy) is 2. The fourth-order valence-electron chi connectivity index (χ4n) is 2.69. The lowest BCUT2D eigenvalue weighted by atomic mass is 9.97. The summed E-state index contributed by atoms with van der Waals surface area (Å²) in [5.74, 6) is 1.63. The molecule has 0 unspecified atom stereocenters. The van der Waals surface area contributed by atoms with Gasteiger partial charge in [-0.15, -0.1) is 11.8 Å². The Morgan fingerprint density at radius 3 is 2.62 bits per heavy atom. The summed E-state index contributed by atoms with van der Waals surface area (Å²) in [5.41, 5.74) is 0. The van der Waals surface area contributed by atoms with E-state index in [1.54, 1.807) is 18.9 Å². The zero-order valence-electron chi connectivity index (χ0n) is 14.2. The van der Waals surface area contributed by atoms with Gasteiger partial charge in [-0.1, -0.05) is 11.6 Å². The van der Waals surface area contributed by atoms with Gasteiger partial charge in [-0.05, 0) is 43.0 Å². The van der Waals surface area contributed by atoms with Gasteiger partial charge in [0.1, 0.15) is 0 Å². The van der Waals surface area contributed by atoms with Crippen molar-refractivity contribution >= 4 is 29.3 Å². The third kappa shape index (κ3) is 7.01. The number of carbonyl (C=O) groups is 1. The van der Waals surface area contributed by atoms with Gasteiger partial charge in [-0.2, -0.15) is 0 Å². The van der Waals surface area contributed by atoms with Crippen LogP contribution in [0.15, 0.2) is 29.2 Å². The van der Waals surface area contributed by atoms with E-state index in [1.807, 2.05) is 29.2 Å². The third-order valence-corrected chi connectivity index (χ3v) is 5.42. The number of benzene rings is 1. The van der Waals surface area contributed by atoms with Crippen molar-refractivity contribution in [2.75, 3.05) is 45.8 Å². The summed E-state index contributed by atoms with van der Waals surface area (Å²) in [4.78, 5) is 15.4. The zero-order valence-corrected chi connectivity index (χ0v) is 15.8. The van der Waals surface area contributed by atoms with Crippen molar-refractivity contribution in [3.05, 3.63) is 29.3 Å². The SMILES string of the molecule is COCCOCC1CCN(C(=O)CCSc2ccc(Cl)cc2)CC1. The van der Waals surface area contributed by atoms with Crippen molar-refractivity contribution in [2.24, 2.45) is 5.92 Å². The molecule has 0 radical (unpaired) electrons. The number of methoxy groups -OCH3 is 1. The molecule has 1 aliphatic heterocycles. The maximum Gasteiger partial charge on any atom is 0.223 e. The Hall–Kier alpha value is -0.750. The molecule has 2 rings (SSSR count). The maximum atomic E-state index is 12.3. The Balaban J connectivity index is 1.59. The molecule has 0 atom stereocenters. The molecule has 1 heterocycles. The Morgan fingerprint density at radius 1 is 1.25 bits per heavy atom. The van der Waals surface area contributed by atoms with Crippen LogP contribution in [0.5, 0.6) is 0 Å². The molecule has 1 aromatic rings. The number of likely N-dealkylation sites (tertiary alicyclic amines) is 1. The minimum absolute atomic E-state index is 0.259. The number of hydrogen-bond acceptors (Lipinski definition) is 4. The maximum absolute atomic E-state index is 12.3. The van der Waals surface area contributed by atoms with E-state index < -0.39 is 0 Å². The molecule has 1 saturated heterocycles. The minimum Gasteiger partial charge on any atom is -0.382 e. The van der Waals surface area contributed by atoms with Gasteiger partial charge in [0.15, 0.2) is 0 Å². The van der Waals surface area contributed by atoms with Crippen LogP contribution in [-0.4, -0.2) is 56.6 Å². The van der Waals surface area contributed by atoms with Crippen LogP contribution in [0.3, 0.4) is 0 Å². The van der Waals surface area contributed by atoms with Crippen molar-refractivity contribution < 1.29 is 14.3 Å². The smallest absolute Gasteiger partial charge is 0.223 e. The monoisotopic (exact) mass is 371 g/mol. The molecule has 0 bridgehead atoms. The van der Waals surface area contributed by atoms with Crippen LogP contribution >= 0.6 is 23.4 Å². The fourth-order valence-corrected chi connectivity index (χ4v) is 3.65. The highest BCUT2D eigenvalue weighted by molar-refractivity contribution is 7.99. The number of halogens is 1. The van der Waals surface area contributed by atoms with Gasteiger partial charge in [0.25, 0.3) is 0 Å². The Morgan fingerprint density at radius 2 is 1.96 bits per heavy atom. The number of hydrogen-bond donors (Lipinski definition) is 0. The average molecular weight is 372 g/mol. The van der Waals surface area contributed by atoms with E-state index in [1.165, 1.54) is 0 Å². The molecule has 24 heavy (non-hydrogen) atoms. The van der Waals surface area contributed by atoms with Crippen LogP contribution in [0.1, 0.15) is 19.3 Å². The normalized spacial score (nSPS) is 15.7. The summed E-state index contributed by atoms with van der Waals surface area (Å²) in [5, 5.41) is 0.740. The van der Waals surface area contributed by atoms with Crippen molar-refractivity contribution in [1.82, 2.24) is 4.90 Å². The van der Waals surface area contributed by atoms with Crippen LogP contribution < -0.4 is 0 Å². The minimum atomic E-state index is 0.259. The van der Waals surface area contributed by atoms with Crippen LogP contribution in [0, 0.1) is 5.92 Å². The number of nitrogens with zero attached hydrogens (tertiary/aromatic N) is 1. The summed E-state index contributed by atoms with van der Waals surface area (Å²) in [6.45, 7) is 3.77. The molecule has 0 spiro atoms. The average Bonchev–Trinajstić information content (AvgIpc) is 2.61. The second kappa shape index (κ2) is 11.0. The summed E-state index contributed by atoms with van der Waals surface area (Å²) in [6, 6.07) is 7.75. The standard InChI is InChI=1S/C18H26ClNO3S/c1-22-11-12-23-14-15-6-9-20(10-7-15)18(21)8-13-24-17-4-2-16(19)3-5-17/h2-5,15H,6-14H2,1H3. The molecule has 0 saturated carbocycles. The Kier molecular flexibility index (Phi) is 8.95. The first-order valence-corrected chi connectivity index (χ1v) is 9.78. The number of thioether (sulfide) groups is 1. The predicted octanol–water partition coefficient (Wildman–Crippen LogP) is 3.72. The molecule has 0 N–H and O–H groups in total. The number of carbonyl (C=O) groups excluding carboxylic acids is 1. The second-order valence-corrected chi connectivity index (χ2v) is 7.55. The first-order valence-electron chi connectivity index (χ1n) is 8.42.